The molecule has 12 heavy (non-hydrogen) atoms. The van der Waals surface area contributed by atoms with E-state index in [1.54, 1.807) is 12.1 Å². The smallest absolute Gasteiger partial charge is 0.0637 e. The quantitative estimate of drug-likeness (QED) is 0.361. The summed E-state index contributed by atoms with van der Waals surface area (Å²) in [6.45, 7) is 0. The fraction of sp³-hybridized carbons (Fsp3) is 0. The van der Waals surface area contributed by atoms with Gasteiger partial charge in [-0.25, -0.2) is 0 Å². The molecule has 0 heterocycles. The lowest BCUT2D eigenvalue weighted by atomic mass is 10.2. The molecule has 0 unspecified atom stereocenters. The molecule has 0 spiro atoms. The maximum atomic E-state index is 5.89. The van der Waals surface area contributed by atoms with Gasteiger partial charge in [0.15, 0.2) is 0 Å². The van der Waals surface area contributed by atoms with E-state index in [-0.39, 0.29) is 0 Å². The van der Waals surface area contributed by atoms with Crippen LogP contribution in [0.25, 0.3) is 0 Å². The summed E-state index contributed by atoms with van der Waals surface area (Å²) in [6, 6.07) is 3.39. The predicted molar refractivity (Wildman–Crippen MR) is 55.9 cm³/mol. The Morgan fingerprint density at radius 1 is 1.42 bits per heavy atom. The van der Waals surface area contributed by atoms with E-state index in [1.165, 1.54) is 6.21 Å². The van der Waals surface area contributed by atoms with Gasteiger partial charge in [0.25, 0.3) is 0 Å². The second-order valence-electron chi connectivity index (χ2n) is 2.07. The Labute approximate surface area is 88.5 Å². The zero-order valence-electron chi connectivity index (χ0n) is 5.89. The Balaban J connectivity index is 3.27. The second-order valence-corrected chi connectivity index (χ2v) is 3.74. The number of hydrogen-bond donors (Lipinski definition) is 1. The van der Waals surface area contributed by atoms with Crippen molar-refractivity contribution in [1.82, 2.24) is 0 Å². The molecule has 0 fully saturated rings. The molecule has 0 amide bonds. The number of rotatable bonds is 1. The molecule has 0 bridgehead atoms. The Bertz CT molecular complexity index is 325. The lowest BCUT2D eigenvalue weighted by Crippen LogP contribution is -1.88. The van der Waals surface area contributed by atoms with Gasteiger partial charge in [-0.3, -0.25) is 0 Å². The predicted octanol–water partition coefficient (Wildman–Crippen LogP) is 3.05. The number of nitrogens with zero attached hydrogens (tertiary/aromatic N) is 1. The van der Waals surface area contributed by atoms with Crippen molar-refractivity contribution >= 4 is 45.3 Å². The van der Waals surface area contributed by atoms with Crippen molar-refractivity contribution in [3.05, 3.63) is 32.2 Å². The molecule has 5 heteroatoms. The van der Waals surface area contributed by atoms with E-state index in [2.05, 4.69) is 21.0 Å². The van der Waals surface area contributed by atoms with Crippen LogP contribution in [0.3, 0.4) is 0 Å². The number of nitrogens with two attached hydrogens (primary N) is 1. The van der Waals surface area contributed by atoms with Gasteiger partial charge >= 0.3 is 0 Å². The van der Waals surface area contributed by atoms with Crippen LogP contribution in [0.1, 0.15) is 5.56 Å². The Morgan fingerprint density at radius 2 is 2.08 bits per heavy atom. The van der Waals surface area contributed by atoms with E-state index < -0.39 is 0 Å². The van der Waals surface area contributed by atoms with Gasteiger partial charge in [-0.05, 0) is 28.1 Å². The third kappa shape index (κ3) is 2.12. The summed E-state index contributed by atoms with van der Waals surface area (Å²) in [5, 5.41) is 4.49. The average molecular weight is 268 g/mol. The summed E-state index contributed by atoms with van der Waals surface area (Å²) >= 11 is 14.9. The van der Waals surface area contributed by atoms with Crippen molar-refractivity contribution in [2.45, 2.75) is 0 Å². The molecule has 0 aliphatic heterocycles. The van der Waals surface area contributed by atoms with Crippen LogP contribution in [0.2, 0.25) is 10.0 Å². The highest BCUT2D eigenvalue weighted by Gasteiger charge is 2.03. The molecule has 1 aromatic carbocycles. The molecule has 0 aliphatic rings. The van der Waals surface area contributed by atoms with E-state index in [1.807, 2.05) is 0 Å². The third-order valence-corrected chi connectivity index (χ3v) is 2.73. The molecular weight excluding hydrogens is 263 g/mol. The molecular formula is C7H5BrCl2N2. The van der Waals surface area contributed by atoms with E-state index >= 15 is 0 Å². The normalized spacial score (nSPS) is 10.9. The van der Waals surface area contributed by atoms with Crippen LogP contribution in [-0.4, -0.2) is 6.21 Å². The summed E-state index contributed by atoms with van der Waals surface area (Å²) in [5.74, 6) is 4.98. The Hall–Kier alpha value is -0.250. The number of benzene rings is 1. The van der Waals surface area contributed by atoms with Crippen molar-refractivity contribution in [1.29, 1.82) is 0 Å². The molecule has 0 saturated heterocycles. The maximum absolute atomic E-state index is 5.89. The van der Waals surface area contributed by atoms with E-state index in [4.69, 9.17) is 29.0 Å². The molecule has 0 atom stereocenters. The number of halogens is 3. The van der Waals surface area contributed by atoms with Crippen molar-refractivity contribution < 1.29 is 0 Å². The third-order valence-electron chi connectivity index (χ3n) is 1.23. The average Bonchev–Trinajstić information content (AvgIpc) is 2.00. The molecule has 0 saturated carbocycles. The topological polar surface area (TPSA) is 38.4 Å². The molecule has 0 radical (unpaired) electrons. The second kappa shape index (κ2) is 4.12. The first kappa shape index (κ1) is 9.84. The zero-order valence-corrected chi connectivity index (χ0v) is 8.99. The highest BCUT2D eigenvalue weighted by molar-refractivity contribution is 9.10. The van der Waals surface area contributed by atoms with Gasteiger partial charge in [-0.1, -0.05) is 23.2 Å². The summed E-state index contributed by atoms with van der Waals surface area (Å²) in [7, 11) is 0. The van der Waals surface area contributed by atoms with Crippen molar-refractivity contribution in [3.63, 3.8) is 0 Å². The van der Waals surface area contributed by atoms with E-state index in [9.17, 15) is 0 Å². The molecule has 64 valence electrons. The van der Waals surface area contributed by atoms with Crippen LogP contribution in [-0.2, 0) is 0 Å². The van der Waals surface area contributed by atoms with Gasteiger partial charge in [-0.15, -0.1) is 0 Å². The van der Waals surface area contributed by atoms with Crippen LogP contribution in [0.4, 0.5) is 0 Å². The van der Waals surface area contributed by atoms with E-state index in [0.717, 1.165) is 4.47 Å². The van der Waals surface area contributed by atoms with Gasteiger partial charge in [-0.2, -0.15) is 5.10 Å². The molecule has 1 rings (SSSR count). The van der Waals surface area contributed by atoms with Crippen molar-refractivity contribution in [2.75, 3.05) is 0 Å². The summed E-state index contributed by atoms with van der Waals surface area (Å²) in [5.41, 5.74) is 0.693. The lowest BCUT2D eigenvalue weighted by molar-refractivity contribution is 1.26. The SMILES string of the molecule is NN=Cc1cc(Cl)cc(Br)c1Cl. The van der Waals surface area contributed by atoms with Gasteiger partial charge in [0.2, 0.25) is 0 Å². The summed E-state index contributed by atoms with van der Waals surface area (Å²) < 4.78 is 0.728. The first-order valence-corrected chi connectivity index (χ1v) is 4.58. The molecule has 2 nitrogen and oxygen atoms in total. The Kier molecular flexibility index (Phi) is 3.38. The summed E-state index contributed by atoms with van der Waals surface area (Å²) in [6.07, 6.45) is 1.44. The van der Waals surface area contributed by atoms with Gasteiger partial charge in [0, 0.05) is 15.1 Å². The van der Waals surface area contributed by atoms with Crippen LogP contribution >= 0.6 is 39.1 Å². The van der Waals surface area contributed by atoms with Crippen LogP contribution < -0.4 is 5.84 Å². The highest BCUT2D eigenvalue weighted by Crippen LogP contribution is 2.28. The minimum absolute atomic E-state index is 0.550. The molecule has 0 aromatic heterocycles. The highest BCUT2D eigenvalue weighted by atomic mass is 79.9. The Morgan fingerprint density at radius 3 is 2.67 bits per heavy atom. The number of hydrogen-bond acceptors (Lipinski definition) is 2. The minimum atomic E-state index is 0.550. The lowest BCUT2D eigenvalue weighted by Gasteiger charge is -2.00. The fourth-order valence-electron chi connectivity index (χ4n) is 0.750. The monoisotopic (exact) mass is 266 g/mol. The van der Waals surface area contributed by atoms with Gasteiger partial charge in [0.1, 0.15) is 0 Å². The van der Waals surface area contributed by atoms with Crippen molar-refractivity contribution in [3.8, 4) is 0 Å². The largest absolute Gasteiger partial charge is 0.323 e. The standard InChI is InChI=1S/C7H5BrCl2N2/c8-6-2-5(9)1-4(3-12-11)7(6)10/h1-3H,11H2. The minimum Gasteiger partial charge on any atom is -0.323 e. The molecule has 2 N–H and O–H groups in total. The van der Waals surface area contributed by atoms with Crippen molar-refractivity contribution in [2.24, 2.45) is 10.9 Å². The van der Waals surface area contributed by atoms with Crippen LogP contribution in [0.15, 0.2) is 21.7 Å². The maximum Gasteiger partial charge on any atom is 0.0637 e. The van der Waals surface area contributed by atoms with Crippen LogP contribution in [0.5, 0.6) is 0 Å². The first-order valence-electron chi connectivity index (χ1n) is 3.03. The fourth-order valence-corrected chi connectivity index (χ4v) is 1.74. The molecule has 0 aliphatic carbocycles. The van der Waals surface area contributed by atoms with Crippen LogP contribution in [0, 0.1) is 0 Å². The van der Waals surface area contributed by atoms with E-state index in [0.29, 0.717) is 15.6 Å². The zero-order chi connectivity index (χ0) is 9.14. The number of hydrazone groups is 1. The van der Waals surface area contributed by atoms with Gasteiger partial charge in [0.05, 0.1) is 11.2 Å². The summed E-state index contributed by atoms with van der Waals surface area (Å²) in [4.78, 5) is 0. The molecule has 1 aromatic rings. The first-order chi connectivity index (χ1) is 5.65. The van der Waals surface area contributed by atoms with Gasteiger partial charge < -0.3 is 5.84 Å².